The predicted octanol–water partition coefficient (Wildman–Crippen LogP) is 3.72. The highest BCUT2D eigenvalue weighted by molar-refractivity contribution is 6.35. The van der Waals surface area contributed by atoms with Crippen molar-refractivity contribution in [3.8, 4) is 11.5 Å². The Morgan fingerprint density at radius 2 is 2.00 bits per heavy atom. The summed E-state index contributed by atoms with van der Waals surface area (Å²) < 4.78 is 13.0. The molecule has 0 atom stereocenters. The van der Waals surface area contributed by atoms with E-state index in [0.717, 1.165) is 11.1 Å². The number of halogens is 2. The standard InChI is InChI=1S/C17H17Cl2N5O2/c1-24-17(21-22-23-24)20-9-11-4-3-5-15(25-2)16(11)26-10-12-6-7-13(18)8-14(12)19/h3-8H,9-10H2,1-2H3,(H,20,21,23). The third-order valence-corrected chi connectivity index (χ3v) is 4.31. The molecule has 0 aliphatic carbocycles. The van der Waals surface area contributed by atoms with E-state index in [0.29, 0.717) is 34.0 Å². The first-order valence-electron chi connectivity index (χ1n) is 7.77. The SMILES string of the molecule is COc1cccc(CNc2nnnn2C)c1OCc1ccc(Cl)cc1Cl. The molecular formula is C17H17Cl2N5O2. The minimum Gasteiger partial charge on any atom is -0.493 e. The first kappa shape index (κ1) is 18.3. The van der Waals surface area contributed by atoms with Gasteiger partial charge in [0.2, 0.25) is 5.95 Å². The van der Waals surface area contributed by atoms with E-state index < -0.39 is 0 Å². The summed E-state index contributed by atoms with van der Waals surface area (Å²) in [5.41, 5.74) is 1.73. The molecule has 0 aliphatic rings. The molecule has 1 N–H and O–H groups in total. The Labute approximate surface area is 160 Å². The highest BCUT2D eigenvalue weighted by Crippen LogP contribution is 2.33. The Morgan fingerprint density at radius 1 is 1.15 bits per heavy atom. The average molecular weight is 394 g/mol. The smallest absolute Gasteiger partial charge is 0.242 e. The van der Waals surface area contributed by atoms with Crippen molar-refractivity contribution in [2.45, 2.75) is 13.2 Å². The fraction of sp³-hybridized carbons (Fsp3) is 0.235. The molecule has 1 aromatic heterocycles. The number of ether oxygens (including phenoxy) is 2. The van der Waals surface area contributed by atoms with Gasteiger partial charge < -0.3 is 14.8 Å². The van der Waals surface area contributed by atoms with Crippen LogP contribution in [0.5, 0.6) is 11.5 Å². The quantitative estimate of drug-likeness (QED) is 0.659. The zero-order chi connectivity index (χ0) is 18.5. The van der Waals surface area contributed by atoms with Gasteiger partial charge in [-0.25, -0.2) is 4.68 Å². The minimum atomic E-state index is 0.287. The maximum atomic E-state index is 6.22. The van der Waals surface area contributed by atoms with Gasteiger partial charge in [0.15, 0.2) is 11.5 Å². The van der Waals surface area contributed by atoms with E-state index in [4.69, 9.17) is 32.7 Å². The van der Waals surface area contributed by atoms with Gasteiger partial charge in [0.25, 0.3) is 0 Å². The van der Waals surface area contributed by atoms with Crippen LogP contribution in [0.4, 0.5) is 5.95 Å². The van der Waals surface area contributed by atoms with Gasteiger partial charge in [-0.3, -0.25) is 0 Å². The van der Waals surface area contributed by atoms with Crippen LogP contribution < -0.4 is 14.8 Å². The summed E-state index contributed by atoms with van der Waals surface area (Å²) in [5.74, 6) is 1.81. The van der Waals surface area contributed by atoms with Crippen molar-refractivity contribution in [3.05, 3.63) is 57.6 Å². The number of hydrogen-bond acceptors (Lipinski definition) is 6. The second-order valence-corrected chi connectivity index (χ2v) is 6.30. The number of anilines is 1. The van der Waals surface area contributed by atoms with E-state index in [-0.39, 0.29) is 6.61 Å². The fourth-order valence-corrected chi connectivity index (χ4v) is 2.83. The molecule has 0 unspecified atom stereocenters. The molecule has 0 amide bonds. The van der Waals surface area contributed by atoms with E-state index >= 15 is 0 Å². The summed E-state index contributed by atoms with van der Waals surface area (Å²) in [6.07, 6.45) is 0. The van der Waals surface area contributed by atoms with Gasteiger partial charge >= 0.3 is 0 Å². The lowest BCUT2D eigenvalue weighted by Crippen LogP contribution is -2.08. The normalized spacial score (nSPS) is 10.6. The summed E-state index contributed by atoms with van der Waals surface area (Å²) in [4.78, 5) is 0. The third-order valence-electron chi connectivity index (χ3n) is 3.72. The van der Waals surface area contributed by atoms with Crippen LogP contribution in [-0.4, -0.2) is 27.3 Å². The van der Waals surface area contributed by atoms with Gasteiger partial charge in [-0.15, -0.1) is 0 Å². The topological polar surface area (TPSA) is 74.1 Å². The largest absolute Gasteiger partial charge is 0.493 e. The number of para-hydroxylation sites is 1. The Bertz CT molecular complexity index is 901. The number of rotatable bonds is 7. The molecule has 9 heteroatoms. The minimum absolute atomic E-state index is 0.287. The Balaban J connectivity index is 1.79. The number of tetrazole rings is 1. The number of aromatic nitrogens is 4. The molecule has 1 heterocycles. The lowest BCUT2D eigenvalue weighted by molar-refractivity contribution is 0.282. The first-order chi connectivity index (χ1) is 12.6. The molecule has 26 heavy (non-hydrogen) atoms. The van der Waals surface area contributed by atoms with Crippen molar-refractivity contribution in [1.82, 2.24) is 20.2 Å². The van der Waals surface area contributed by atoms with Crippen LogP contribution in [0.15, 0.2) is 36.4 Å². The third kappa shape index (κ3) is 4.17. The molecule has 3 aromatic rings. The van der Waals surface area contributed by atoms with Gasteiger partial charge in [0, 0.05) is 34.8 Å². The van der Waals surface area contributed by atoms with Crippen LogP contribution in [0.3, 0.4) is 0 Å². The Kier molecular flexibility index (Phi) is 5.80. The molecule has 0 radical (unpaired) electrons. The summed E-state index contributed by atoms with van der Waals surface area (Å²) in [5, 5.41) is 15.6. The lowest BCUT2D eigenvalue weighted by atomic mass is 10.1. The van der Waals surface area contributed by atoms with Crippen LogP contribution >= 0.6 is 23.2 Å². The molecule has 0 saturated heterocycles. The van der Waals surface area contributed by atoms with Crippen molar-refractivity contribution in [3.63, 3.8) is 0 Å². The molecule has 0 spiro atoms. The summed E-state index contributed by atoms with van der Waals surface area (Å²) in [7, 11) is 3.36. The zero-order valence-corrected chi connectivity index (χ0v) is 15.8. The first-order valence-corrected chi connectivity index (χ1v) is 8.53. The van der Waals surface area contributed by atoms with Crippen LogP contribution in [-0.2, 0) is 20.2 Å². The van der Waals surface area contributed by atoms with Crippen LogP contribution in [0, 0.1) is 0 Å². The molecule has 136 valence electrons. The molecule has 2 aromatic carbocycles. The molecular weight excluding hydrogens is 377 g/mol. The highest BCUT2D eigenvalue weighted by atomic mass is 35.5. The molecule has 0 fully saturated rings. The maximum Gasteiger partial charge on any atom is 0.242 e. The molecule has 0 bridgehead atoms. The van der Waals surface area contributed by atoms with E-state index in [9.17, 15) is 0 Å². The second-order valence-electron chi connectivity index (χ2n) is 5.45. The van der Waals surface area contributed by atoms with Crippen molar-refractivity contribution < 1.29 is 9.47 Å². The lowest BCUT2D eigenvalue weighted by Gasteiger charge is -2.16. The van der Waals surface area contributed by atoms with Gasteiger partial charge in [-0.2, -0.15) is 0 Å². The van der Waals surface area contributed by atoms with E-state index in [1.165, 1.54) is 0 Å². The molecule has 7 nitrogen and oxygen atoms in total. The highest BCUT2D eigenvalue weighted by Gasteiger charge is 2.13. The second kappa shape index (κ2) is 8.25. The number of nitrogens with zero attached hydrogens (tertiary/aromatic N) is 4. The van der Waals surface area contributed by atoms with Gasteiger partial charge in [0.05, 0.1) is 7.11 Å². The molecule has 0 aliphatic heterocycles. The number of methoxy groups -OCH3 is 1. The average Bonchev–Trinajstić information content (AvgIpc) is 3.04. The summed E-state index contributed by atoms with van der Waals surface area (Å²) in [6.45, 7) is 0.754. The number of benzene rings is 2. The van der Waals surface area contributed by atoms with E-state index in [1.807, 2.05) is 24.3 Å². The van der Waals surface area contributed by atoms with Crippen molar-refractivity contribution >= 4 is 29.2 Å². The van der Waals surface area contributed by atoms with Crippen molar-refractivity contribution in [2.75, 3.05) is 12.4 Å². The van der Waals surface area contributed by atoms with Crippen LogP contribution in [0.2, 0.25) is 10.0 Å². The fourth-order valence-electron chi connectivity index (χ4n) is 2.37. The Morgan fingerprint density at radius 3 is 2.69 bits per heavy atom. The molecule has 0 saturated carbocycles. The summed E-state index contributed by atoms with van der Waals surface area (Å²) >= 11 is 12.2. The van der Waals surface area contributed by atoms with Gasteiger partial charge in [-0.1, -0.05) is 46.5 Å². The molecule has 3 rings (SSSR count). The zero-order valence-electron chi connectivity index (χ0n) is 14.2. The number of nitrogens with one attached hydrogen (secondary N) is 1. The van der Waals surface area contributed by atoms with Crippen molar-refractivity contribution in [1.29, 1.82) is 0 Å². The van der Waals surface area contributed by atoms with Gasteiger partial charge in [-0.05, 0) is 28.6 Å². The number of hydrogen-bond donors (Lipinski definition) is 1. The van der Waals surface area contributed by atoms with Crippen LogP contribution in [0.1, 0.15) is 11.1 Å². The monoisotopic (exact) mass is 393 g/mol. The van der Waals surface area contributed by atoms with Crippen LogP contribution in [0.25, 0.3) is 0 Å². The summed E-state index contributed by atoms with van der Waals surface area (Å²) in [6, 6.07) is 11.0. The predicted molar refractivity (Wildman–Crippen MR) is 99.9 cm³/mol. The maximum absolute atomic E-state index is 6.22. The van der Waals surface area contributed by atoms with E-state index in [2.05, 4.69) is 20.8 Å². The van der Waals surface area contributed by atoms with Crippen molar-refractivity contribution in [2.24, 2.45) is 7.05 Å². The van der Waals surface area contributed by atoms with Gasteiger partial charge in [0.1, 0.15) is 6.61 Å². The number of aryl methyl sites for hydroxylation is 1. The van der Waals surface area contributed by atoms with E-state index in [1.54, 1.807) is 31.0 Å². The Hall–Kier alpha value is -2.51.